The van der Waals surface area contributed by atoms with Crippen LogP contribution in [-0.2, 0) is 19.1 Å². The number of aliphatic hydroxyl groups excluding tert-OH is 2. The summed E-state index contributed by atoms with van der Waals surface area (Å²) in [6.07, 6.45) is 2.13. The number of aliphatic hydroxyl groups is 2. The molecular weight excluding hydrogens is 451 g/mol. The summed E-state index contributed by atoms with van der Waals surface area (Å²) in [5.74, 6) is -2.86. The molecule has 0 aromatic carbocycles. The van der Waals surface area contributed by atoms with Crippen LogP contribution in [0.1, 0.15) is 53.4 Å². The smallest absolute Gasteiger partial charge is 0.306 e. The number of alkyl halides is 2. The molecule has 6 nitrogen and oxygen atoms in total. The molecule has 4 aliphatic rings. The van der Waals surface area contributed by atoms with Crippen molar-refractivity contribution in [2.24, 2.45) is 28.6 Å². The van der Waals surface area contributed by atoms with Gasteiger partial charge in [-0.1, -0.05) is 33.8 Å². The zero-order valence-electron chi connectivity index (χ0n) is 19.4. The fraction of sp³-hybridized carbons (Fsp3) is 0.720. The van der Waals surface area contributed by atoms with Crippen LogP contribution in [0.15, 0.2) is 23.8 Å². The summed E-state index contributed by atoms with van der Waals surface area (Å²) in [6, 6.07) is 0. The minimum Gasteiger partial charge on any atom is -0.450 e. The molecule has 0 radical (unpaired) electrons. The Morgan fingerprint density at radius 2 is 1.94 bits per heavy atom. The highest BCUT2D eigenvalue weighted by Crippen LogP contribution is 2.72. The van der Waals surface area contributed by atoms with Gasteiger partial charge in [-0.05, 0) is 48.8 Å². The number of Topliss-reactive ketones (excluding diaryl/α,β-unsaturated/α-hetero) is 1. The van der Waals surface area contributed by atoms with Gasteiger partial charge in [0.15, 0.2) is 11.4 Å². The van der Waals surface area contributed by atoms with E-state index in [4.69, 9.17) is 16.3 Å². The van der Waals surface area contributed by atoms with Crippen molar-refractivity contribution in [2.45, 2.75) is 76.1 Å². The highest BCUT2D eigenvalue weighted by atomic mass is 35.5. The predicted octanol–water partition coefficient (Wildman–Crippen LogP) is 3.07. The van der Waals surface area contributed by atoms with Gasteiger partial charge in [-0.2, -0.15) is 0 Å². The molecule has 0 aliphatic heterocycles. The quantitative estimate of drug-likeness (QED) is 0.471. The Labute approximate surface area is 198 Å². The van der Waals surface area contributed by atoms with Gasteiger partial charge >= 0.3 is 5.97 Å². The first-order valence-electron chi connectivity index (χ1n) is 11.7. The van der Waals surface area contributed by atoms with Crippen molar-refractivity contribution in [2.75, 3.05) is 6.61 Å². The first-order chi connectivity index (χ1) is 15.3. The van der Waals surface area contributed by atoms with Crippen molar-refractivity contribution in [1.82, 2.24) is 0 Å². The summed E-state index contributed by atoms with van der Waals surface area (Å²) >= 11 is 7.31. The van der Waals surface area contributed by atoms with E-state index in [1.807, 2.05) is 0 Å². The highest BCUT2D eigenvalue weighted by Gasteiger charge is 2.77. The molecule has 3 fully saturated rings. The molecule has 182 valence electrons. The summed E-state index contributed by atoms with van der Waals surface area (Å²) in [5, 5.41) is 21.4. The molecule has 0 aromatic heterocycles. The van der Waals surface area contributed by atoms with Crippen molar-refractivity contribution in [3.63, 3.8) is 0 Å². The minimum atomic E-state index is -1.64. The first-order valence-corrected chi connectivity index (χ1v) is 12.0. The molecule has 9 atom stereocenters. The second-order valence-electron chi connectivity index (χ2n) is 10.6. The average molecular weight is 483 g/mol. The number of fused-ring (bicyclic) bond motifs is 5. The fourth-order valence-electron chi connectivity index (χ4n) is 7.76. The number of hydrogen-bond donors (Lipinski definition) is 2. The summed E-state index contributed by atoms with van der Waals surface area (Å²) in [4.78, 5) is 36.4. The standard InChI is InChI=1S/C25H32ClFO6/c1-5-21(32)33-25(20(31)12-28)13(2)8-15-16-10-18(27)17-9-14(29)6-7-22(17,3)24(16,26)19(30)11-23(15,25)4/h6-7,9,13,15-16,18-19,28,30H,5,8,10-12H2,1-4H3/t13-,15+,16+,18+,19?,22+,23+,24+,25+/m1/s1. The van der Waals surface area contributed by atoms with Gasteiger partial charge in [0.2, 0.25) is 5.78 Å². The predicted molar refractivity (Wildman–Crippen MR) is 119 cm³/mol. The van der Waals surface area contributed by atoms with E-state index in [-0.39, 0.29) is 36.5 Å². The van der Waals surface area contributed by atoms with Gasteiger partial charge in [0.05, 0.1) is 11.0 Å². The number of rotatable bonds is 4. The maximum atomic E-state index is 15.6. The molecule has 33 heavy (non-hydrogen) atoms. The largest absolute Gasteiger partial charge is 0.450 e. The Bertz CT molecular complexity index is 963. The molecule has 4 aliphatic carbocycles. The van der Waals surface area contributed by atoms with Gasteiger partial charge in [0, 0.05) is 23.2 Å². The van der Waals surface area contributed by atoms with E-state index in [1.165, 1.54) is 12.2 Å². The van der Waals surface area contributed by atoms with Crippen LogP contribution in [0.2, 0.25) is 0 Å². The molecule has 0 amide bonds. The zero-order valence-corrected chi connectivity index (χ0v) is 20.2. The highest BCUT2D eigenvalue weighted by molar-refractivity contribution is 6.26. The summed E-state index contributed by atoms with van der Waals surface area (Å²) < 4.78 is 21.4. The Kier molecular flexibility index (Phi) is 5.74. The van der Waals surface area contributed by atoms with E-state index in [0.29, 0.717) is 6.42 Å². The van der Waals surface area contributed by atoms with Gasteiger partial charge in [-0.3, -0.25) is 14.4 Å². The second kappa shape index (κ2) is 7.72. The molecular formula is C25H32ClFO6. The molecule has 0 bridgehead atoms. The summed E-state index contributed by atoms with van der Waals surface area (Å²) in [6.45, 7) is 6.15. The van der Waals surface area contributed by atoms with Crippen LogP contribution >= 0.6 is 11.6 Å². The maximum absolute atomic E-state index is 15.6. The lowest BCUT2D eigenvalue weighted by Gasteiger charge is -2.64. The van der Waals surface area contributed by atoms with E-state index < -0.39 is 63.8 Å². The van der Waals surface area contributed by atoms with Crippen molar-refractivity contribution < 1.29 is 33.7 Å². The monoisotopic (exact) mass is 482 g/mol. The maximum Gasteiger partial charge on any atom is 0.306 e. The van der Waals surface area contributed by atoms with Crippen LogP contribution in [0.4, 0.5) is 4.39 Å². The summed E-state index contributed by atoms with van der Waals surface area (Å²) in [5.41, 5.74) is -3.52. The lowest BCUT2D eigenvalue weighted by molar-refractivity contribution is -0.203. The Balaban J connectivity index is 1.88. The van der Waals surface area contributed by atoms with E-state index >= 15 is 4.39 Å². The van der Waals surface area contributed by atoms with Gasteiger partial charge in [-0.15, -0.1) is 11.6 Å². The van der Waals surface area contributed by atoms with Gasteiger partial charge in [0.25, 0.3) is 0 Å². The van der Waals surface area contributed by atoms with Crippen LogP contribution in [0, 0.1) is 28.6 Å². The first kappa shape index (κ1) is 24.6. The number of esters is 1. The zero-order chi connectivity index (χ0) is 24.6. The fourth-order valence-corrected chi connectivity index (χ4v) is 8.25. The van der Waals surface area contributed by atoms with E-state index in [2.05, 4.69) is 0 Å². The molecule has 8 heteroatoms. The van der Waals surface area contributed by atoms with E-state index in [0.717, 1.165) is 0 Å². The topological polar surface area (TPSA) is 101 Å². The number of ketones is 2. The van der Waals surface area contributed by atoms with Crippen LogP contribution in [0.5, 0.6) is 0 Å². The van der Waals surface area contributed by atoms with Gasteiger partial charge < -0.3 is 14.9 Å². The Morgan fingerprint density at radius 3 is 2.55 bits per heavy atom. The molecule has 0 heterocycles. The number of allylic oxidation sites excluding steroid dienone is 4. The van der Waals surface area contributed by atoms with Crippen molar-refractivity contribution >= 4 is 29.1 Å². The third-order valence-electron chi connectivity index (χ3n) is 9.29. The lowest BCUT2D eigenvalue weighted by atomic mass is 9.45. The molecule has 0 spiro atoms. The summed E-state index contributed by atoms with van der Waals surface area (Å²) in [7, 11) is 0. The van der Waals surface area contributed by atoms with Crippen LogP contribution in [0.25, 0.3) is 0 Å². The molecule has 4 rings (SSSR count). The lowest BCUT2D eigenvalue weighted by Crippen LogP contribution is -2.70. The van der Waals surface area contributed by atoms with Crippen LogP contribution in [0.3, 0.4) is 0 Å². The van der Waals surface area contributed by atoms with Crippen LogP contribution < -0.4 is 0 Å². The third kappa shape index (κ3) is 2.88. The van der Waals surface area contributed by atoms with Gasteiger partial charge in [0.1, 0.15) is 12.8 Å². The van der Waals surface area contributed by atoms with Crippen LogP contribution in [-0.4, -0.2) is 57.1 Å². The number of ether oxygens (including phenoxy) is 1. The second-order valence-corrected chi connectivity index (χ2v) is 11.3. The normalized spacial score (nSPS) is 48.4. The van der Waals surface area contributed by atoms with Gasteiger partial charge in [-0.25, -0.2) is 4.39 Å². The van der Waals surface area contributed by atoms with E-state index in [9.17, 15) is 24.6 Å². The van der Waals surface area contributed by atoms with Crippen molar-refractivity contribution in [3.8, 4) is 0 Å². The van der Waals surface area contributed by atoms with Crippen molar-refractivity contribution in [3.05, 3.63) is 23.8 Å². The number of carbonyl (C=O) groups excluding carboxylic acids is 3. The number of halogens is 2. The third-order valence-corrected chi connectivity index (χ3v) is 10.2. The Hall–Kier alpha value is -1.57. The number of carbonyl (C=O) groups is 3. The van der Waals surface area contributed by atoms with E-state index in [1.54, 1.807) is 33.8 Å². The molecule has 2 N–H and O–H groups in total. The molecule has 0 saturated heterocycles. The Morgan fingerprint density at radius 1 is 1.27 bits per heavy atom. The number of hydrogen-bond acceptors (Lipinski definition) is 6. The van der Waals surface area contributed by atoms with Crippen molar-refractivity contribution in [1.29, 1.82) is 0 Å². The molecule has 3 saturated carbocycles. The SMILES string of the molecule is CCC(=O)O[C@]1(C(=O)CO)[C@H](C)C[C@H]2[C@@H]3C[C@H](F)C4=CC(=O)C=C[C@]4(C)[C@@]3(Cl)C(O)C[C@@]21C. The average Bonchev–Trinajstić information content (AvgIpc) is 2.98. The molecule has 0 aromatic rings. The molecule has 1 unspecified atom stereocenters. The minimum absolute atomic E-state index is 0.0127.